The van der Waals surface area contributed by atoms with Crippen LogP contribution in [0.3, 0.4) is 0 Å². The minimum absolute atomic E-state index is 0.523. The monoisotopic (exact) mass is 277 g/mol. The number of methoxy groups -OCH3 is 1. The fourth-order valence-corrected chi connectivity index (χ4v) is 2.64. The molecule has 4 nitrogen and oxygen atoms in total. The van der Waals surface area contributed by atoms with Crippen LogP contribution in [-0.4, -0.2) is 16.7 Å². The molecule has 2 aromatic rings. The first-order valence-electron chi connectivity index (χ1n) is 6.30. The van der Waals surface area contributed by atoms with E-state index in [4.69, 9.17) is 22.1 Å². The van der Waals surface area contributed by atoms with Gasteiger partial charge in [-0.2, -0.15) is 0 Å². The van der Waals surface area contributed by atoms with Crippen LogP contribution in [0.5, 0.6) is 5.75 Å². The number of hydrogen-bond donors (Lipinski definition) is 1. The molecule has 0 saturated heterocycles. The van der Waals surface area contributed by atoms with Crippen LogP contribution in [0.4, 0.5) is 5.82 Å². The molecule has 100 valence electrons. The lowest BCUT2D eigenvalue weighted by Crippen LogP contribution is -2.02. The number of nitrogen functional groups attached to an aromatic ring is 1. The van der Waals surface area contributed by atoms with Gasteiger partial charge in [0.2, 0.25) is 0 Å². The fourth-order valence-electron chi connectivity index (χ4n) is 2.38. The molecule has 19 heavy (non-hydrogen) atoms. The van der Waals surface area contributed by atoms with Crippen molar-refractivity contribution < 1.29 is 4.74 Å². The maximum absolute atomic E-state index is 6.22. The number of aryl methyl sites for hydroxylation is 1. The maximum Gasteiger partial charge on any atom is 0.137 e. The summed E-state index contributed by atoms with van der Waals surface area (Å²) in [4.78, 5) is 4.58. The predicted molar refractivity (Wildman–Crippen MR) is 76.6 cm³/mol. The number of rotatable bonds is 3. The lowest BCUT2D eigenvalue weighted by atomic mass is 10.1. The standard InChI is InChI=1S/C14H16ClN3O/c1-8-17-13(14(16)18(8)10-4-5-10)9-3-6-12(19-2)11(15)7-9/h3,6-7,10H,4-5,16H2,1-2H3. The van der Waals surface area contributed by atoms with Crippen molar-refractivity contribution in [3.05, 3.63) is 29.0 Å². The molecule has 1 fully saturated rings. The molecule has 5 heteroatoms. The van der Waals surface area contributed by atoms with Gasteiger partial charge in [0.15, 0.2) is 0 Å². The molecule has 0 spiro atoms. The van der Waals surface area contributed by atoms with E-state index >= 15 is 0 Å². The van der Waals surface area contributed by atoms with Crippen LogP contribution in [0.15, 0.2) is 18.2 Å². The summed E-state index contributed by atoms with van der Waals surface area (Å²) in [5.74, 6) is 2.34. The Balaban J connectivity index is 2.07. The number of hydrogen-bond acceptors (Lipinski definition) is 3. The lowest BCUT2D eigenvalue weighted by Gasteiger charge is -2.07. The first kappa shape index (κ1) is 12.4. The largest absolute Gasteiger partial charge is 0.495 e. The summed E-state index contributed by atoms with van der Waals surface area (Å²) in [6, 6.07) is 6.13. The van der Waals surface area contributed by atoms with Crippen molar-refractivity contribution in [2.24, 2.45) is 0 Å². The van der Waals surface area contributed by atoms with Crippen LogP contribution in [0.2, 0.25) is 5.02 Å². The molecule has 1 aliphatic rings. The Labute approximate surface area is 117 Å². The average molecular weight is 278 g/mol. The molecule has 2 N–H and O–H groups in total. The predicted octanol–water partition coefficient (Wildman–Crippen LogP) is 3.44. The highest BCUT2D eigenvalue weighted by molar-refractivity contribution is 6.32. The van der Waals surface area contributed by atoms with Crippen LogP contribution in [0, 0.1) is 6.92 Å². The van der Waals surface area contributed by atoms with Crippen molar-refractivity contribution in [1.29, 1.82) is 0 Å². The molecule has 1 aliphatic carbocycles. The molecule has 0 bridgehead atoms. The van der Waals surface area contributed by atoms with Gasteiger partial charge in [0.1, 0.15) is 23.1 Å². The van der Waals surface area contributed by atoms with E-state index in [1.54, 1.807) is 7.11 Å². The van der Waals surface area contributed by atoms with Crippen molar-refractivity contribution in [2.45, 2.75) is 25.8 Å². The van der Waals surface area contributed by atoms with Crippen LogP contribution in [-0.2, 0) is 0 Å². The molecular formula is C14H16ClN3O. The van der Waals surface area contributed by atoms with E-state index in [-0.39, 0.29) is 0 Å². The van der Waals surface area contributed by atoms with Gasteiger partial charge in [-0.15, -0.1) is 0 Å². The Bertz CT molecular complexity index is 632. The molecule has 1 aromatic carbocycles. The first-order valence-corrected chi connectivity index (χ1v) is 6.68. The van der Waals surface area contributed by atoms with Crippen LogP contribution in [0.25, 0.3) is 11.3 Å². The minimum atomic E-state index is 0.523. The van der Waals surface area contributed by atoms with Crippen LogP contribution >= 0.6 is 11.6 Å². The molecule has 3 rings (SSSR count). The Morgan fingerprint density at radius 2 is 2.16 bits per heavy atom. The summed E-state index contributed by atoms with van der Waals surface area (Å²) >= 11 is 6.15. The Hall–Kier alpha value is -1.68. The lowest BCUT2D eigenvalue weighted by molar-refractivity contribution is 0.415. The summed E-state index contributed by atoms with van der Waals surface area (Å²) < 4.78 is 7.27. The van der Waals surface area contributed by atoms with Crippen LogP contribution in [0.1, 0.15) is 24.7 Å². The van der Waals surface area contributed by atoms with Crippen molar-refractivity contribution in [3.63, 3.8) is 0 Å². The maximum atomic E-state index is 6.22. The van der Waals surface area contributed by atoms with E-state index in [1.807, 2.05) is 25.1 Å². The van der Waals surface area contributed by atoms with E-state index in [1.165, 1.54) is 12.8 Å². The average Bonchev–Trinajstić information content (AvgIpc) is 3.16. The van der Waals surface area contributed by atoms with Crippen molar-refractivity contribution >= 4 is 17.4 Å². The number of benzene rings is 1. The van der Waals surface area contributed by atoms with Gasteiger partial charge in [-0.25, -0.2) is 4.98 Å². The van der Waals surface area contributed by atoms with Gasteiger partial charge >= 0.3 is 0 Å². The topological polar surface area (TPSA) is 53.1 Å². The smallest absolute Gasteiger partial charge is 0.137 e. The van der Waals surface area contributed by atoms with Gasteiger partial charge < -0.3 is 15.0 Å². The van der Waals surface area contributed by atoms with E-state index in [0.717, 1.165) is 22.9 Å². The van der Waals surface area contributed by atoms with Crippen LogP contribution < -0.4 is 10.5 Å². The molecule has 0 amide bonds. The summed E-state index contributed by atoms with van der Waals surface area (Å²) in [6.07, 6.45) is 2.37. The van der Waals surface area contributed by atoms with E-state index in [2.05, 4.69) is 9.55 Å². The molecule has 0 unspecified atom stereocenters. The summed E-state index contributed by atoms with van der Waals surface area (Å²) in [5.41, 5.74) is 7.95. The molecule has 0 atom stereocenters. The van der Waals surface area contributed by atoms with Crippen molar-refractivity contribution in [2.75, 3.05) is 12.8 Å². The third-order valence-electron chi connectivity index (χ3n) is 3.46. The highest BCUT2D eigenvalue weighted by Gasteiger charge is 2.28. The van der Waals surface area contributed by atoms with Crippen molar-refractivity contribution in [3.8, 4) is 17.0 Å². The molecule has 1 aromatic heterocycles. The molecule has 0 aliphatic heterocycles. The SMILES string of the molecule is COc1ccc(-c2nc(C)n(C3CC3)c2N)cc1Cl. The Kier molecular flexibility index (Phi) is 2.90. The second-order valence-electron chi connectivity index (χ2n) is 4.84. The Morgan fingerprint density at radius 3 is 2.74 bits per heavy atom. The number of nitrogens with two attached hydrogens (primary N) is 1. The van der Waals surface area contributed by atoms with Gasteiger partial charge in [-0.3, -0.25) is 0 Å². The van der Waals surface area contributed by atoms with E-state index < -0.39 is 0 Å². The molecular weight excluding hydrogens is 262 g/mol. The number of anilines is 1. The second kappa shape index (κ2) is 4.46. The van der Waals surface area contributed by atoms with Gasteiger partial charge in [0.05, 0.1) is 12.1 Å². The molecule has 1 heterocycles. The normalized spacial score (nSPS) is 14.7. The van der Waals surface area contributed by atoms with Gasteiger partial charge in [-0.05, 0) is 38.0 Å². The minimum Gasteiger partial charge on any atom is -0.495 e. The molecule has 1 saturated carbocycles. The Morgan fingerprint density at radius 1 is 1.42 bits per heavy atom. The summed E-state index contributed by atoms with van der Waals surface area (Å²) in [7, 11) is 1.60. The summed E-state index contributed by atoms with van der Waals surface area (Å²) in [5, 5.41) is 0.568. The third-order valence-corrected chi connectivity index (χ3v) is 3.76. The first-order chi connectivity index (χ1) is 9.11. The highest BCUT2D eigenvalue weighted by atomic mass is 35.5. The number of nitrogens with zero attached hydrogens (tertiary/aromatic N) is 2. The number of ether oxygens (including phenoxy) is 1. The van der Waals surface area contributed by atoms with Gasteiger partial charge in [0, 0.05) is 11.6 Å². The highest BCUT2D eigenvalue weighted by Crippen LogP contribution is 2.41. The van der Waals surface area contributed by atoms with E-state index in [0.29, 0.717) is 16.8 Å². The van der Waals surface area contributed by atoms with Gasteiger partial charge in [0.25, 0.3) is 0 Å². The zero-order valence-corrected chi connectivity index (χ0v) is 11.7. The van der Waals surface area contributed by atoms with E-state index in [9.17, 15) is 0 Å². The quantitative estimate of drug-likeness (QED) is 0.935. The number of aromatic nitrogens is 2. The fraction of sp³-hybridized carbons (Fsp3) is 0.357. The zero-order valence-electron chi connectivity index (χ0n) is 11.0. The van der Waals surface area contributed by atoms with Gasteiger partial charge in [-0.1, -0.05) is 11.6 Å². The van der Waals surface area contributed by atoms with Crippen molar-refractivity contribution in [1.82, 2.24) is 9.55 Å². The molecule has 0 radical (unpaired) electrons. The number of halogens is 1. The second-order valence-corrected chi connectivity index (χ2v) is 5.25. The summed E-state index contributed by atoms with van der Waals surface area (Å²) in [6.45, 7) is 1.99. The zero-order chi connectivity index (χ0) is 13.6. The number of imidazole rings is 1. The third kappa shape index (κ3) is 2.06.